The molecule has 1 fully saturated rings. The van der Waals surface area contributed by atoms with Crippen molar-refractivity contribution in [1.82, 2.24) is 21.3 Å². The molecule has 3 amide bonds. The standard InChI is InChI=1S/C20H29ClN4O5/c1-13(23-19(28)29)17(26)24-16(11-30-2)18(27)25-20(8-3-9-22-12-20)10-14-4-6-15(21)7-5-14/h4-7,13,16,22-23H,3,8-12H2,1-2H3,(H,24,26)(H,25,27)(H,28,29)/t13?,16?,20-/m1/s1. The zero-order valence-electron chi connectivity index (χ0n) is 17.2. The highest BCUT2D eigenvalue weighted by Gasteiger charge is 2.36. The fourth-order valence-electron chi connectivity index (χ4n) is 3.51. The average Bonchev–Trinajstić information content (AvgIpc) is 2.69. The van der Waals surface area contributed by atoms with Crippen LogP contribution in [0, 0.1) is 0 Å². The van der Waals surface area contributed by atoms with Crippen LogP contribution in [-0.2, 0) is 20.7 Å². The van der Waals surface area contributed by atoms with E-state index in [0.29, 0.717) is 18.0 Å². The van der Waals surface area contributed by atoms with E-state index in [1.807, 2.05) is 24.3 Å². The fraction of sp³-hybridized carbons (Fsp3) is 0.550. The summed E-state index contributed by atoms with van der Waals surface area (Å²) < 4.78 is 5.10. The summed E-state index contributed by atoms with van der Waals surface area (Å²) in [6.45, 7) is 2.82. The number of nitrogens with one attached hydrogen (secondary N) is 4. The summed E-state index contributed by atoms with van der Waals surface area (Å²) in [7, 11) is 1.43. The summed E-state index contributed by atoms with van der Waals surface area (Å²) in [4.78, 5) is 36.1. The van der Waals surface area contributed by atoms with E-state index >= 15 is 0 Å². The number of benzene rings is 1. The Morgan fingerprint density at radius 1 is 1.23 bits per heavy atom. The second kappa shape index (κ2) is 11.1. The molecule has 2 rings (SSSR count). The van der Waals surface area contributed by atoms with Gasteiger partial charge < -0.3 is 31.1 Å². The van der Waals surface area contributed by atoms with Crippen molar-refractivity contribution in [2.75, 3.05) is 26.8 Å². The third kappa shape index (κ3) is 7.16. The van der Waals surface area contributed by atoms with Crippen molar-refractivity contribution in [1.29, 1.82) is 0 Å². The van der Waals surface area contributed by atoms with Crippen LogP contribution < -0.4 is 21.3 Å². The van der Waals surface area contributed by atoms with E-state index in [-0.39, 0.29) is 12.5 Å². The second-order valence-electron chi connectivity index (χ2n) is 7.54. The van der Waals surface area contributed by atoms with Gasteiger partial charge in [-0.3, -0.25) is 9.59 Å². The minimum atomic E-state index is -1.32. The molecule has 0 spiro atoms. The molecule has 2 unspecified atom stereocenters. The molecule has 10 heteroatoms. The fourth-order valence-corrected chi connectivity index (χ4v) is 3.63. The van der Waals surface area contributed by atoms with Gasteiger partial charge in [-0.1, -0.05) is 23.7 Å². The molecule has 3 atom stereocenters. The zero-order chi connectivity index (χ0) is 22.1. The van der Waals surface area contributed by atoms with Gasteiger partial charge in [0.25, 0.3) is 0 Å². The first kappa shape index (κ1) is 23.9. The average molecular weight is 441 g/mol. The van der Waals surface area contributed by atoms with Crippen molar-refractivity contribution in [3.8, 4) is 0 Å². The molecule has 166 valence electrons. The second-order valence-corrected chi connectivity index (χ2v) is 7.98. The number of rotatable bonds is 9. The lowest BCUT2D eigenvalue weighted by molar-refractivity contribution is -0.132. The van der Waals surface area contributed by atoms with Crippen molar-refractivity contribution >= 4 is 29.5 Å². The molecule has 0 aromatic heterocycles. The van der Waals surface area contributed by atoms with E-state index in [4.69, 9.17) is 21.4 Å². The minimum Gasteiger partial charge on any atom is -0.465 e. The van der Waals surface area contributed by atoms with Gasteiger partial charge >= 0.3 is 6.09 Å². The third-order valence-corrected chi connectivity index (χ3v) is 5.27. The van der Waals surface area contributed by atoms with E-state index < -0.39 is 29.6 Å². The SMILES string of the molecule is COCC(NC(=O)C(C)NC(=O)O)C(=O)N[C@@]1(Cc2ccc(Cl)cc2)CCCNC1. The van der Waals surface area contributed by atoms with E-state index in [9.17, 15) is 14.4 Å². The monoisotopic (exact) mass is 440 g/mol. The Kier molecular flexibility index (Phi) is 8.88. The van der Waals surface area contributed by atoms with Gasteiger partial charge in [0.2, 0.25) is 11.8 Å². The lowest BCUT2D eigenvalue weighted by Gasteiger charge is -2.40. The van der Waals surface area contributed by atoms with Crippen molar-refractivity contribution in [2.24, 2.45) is 0 Å². The lowest BCUT2D eigenvalue weighted by atomic mass is 9.83. The van der Waals surface area contributed by atoms with Gasteiger partial charge in [-0.05, 0) is 50.4 Å². The van der Waals surface area contributed by atoms with Gasteiger partial charge in [0.1, 0.15) is 12.1 Å². The third-order valence-electron chi connectivity index (χ3n) is 5.02. The van der Waals surface area contributed by atoms with Crippen LogP contribution in [0.3, 0.4) is 0 Å². The maximum Gasteiger partial charge on any atom is 0.405 e. The van der Waals surface area contributed by atoms with Crippen molar-refractivity contribution in [2.45, 2.75) is 43.8 Å². The maximum atomic E-state index is 13.0. The molecule has 1 aliphatic heterocycles. The molecule has 1 aliphatic rings. The number of carbonyl (C=O) groups is 3. The topological polar surface area (TPSA) is 129 Å². The van der Waals surface area contributed by atoms with Gasteiger partial charge in [0, 0.05) is 18.7 Å². The number of piperidine rings is 1. The number of carbonyl (C=O) groups excluding carboxylic acids is 2. The number of hydrogen-bond acceptors (Lipinski definition) is 5. The Bertz CT molecular complexity index is 737. The van der Waals surface area contributed by atoms with Crippen LogP contribution in [0.15, 0.2) is 24.3 Å². The Hall–Kier alpha value is -2.36. The molecule has 0 aliphatic carbocycles. The summed E-state index contributed by atoms with van der Waals surface area (Å²) in [5, 5.41) is 20.5. The quantitative estimate of drug-likeness (QED) is 0.388. The highest BCUT2D eigenvalue weighted by Crippen LogP contribution is 2.23. The van der Waals surface area contributed by atoms with Crippen LogP contribution >= 0.6 is 11.6 Å². The predicted octanol–water partition coefficient (Wildman–Crippen LogP) is 0.908. The van der Waals surface area contributed by atoms with Crippen molar-refractivity contribution < 1.29 is 24.2 Å². The van der Waals surface area contributed by atoms with Crippen LogP contribution in [0.25, 0.3) is 0 Å². The van der Waals surface area contributed by atoms with E-state index in [2.05, 4.69) is 21.3 Å². The number of carboxylic acid groups (broad SMARTS) is 1. The van der Waals surface area contributed by atoms with E-state index in [0.717, 1.165) is 24.9 Å². The van der Waals surface area contributed by atoms with Gasteiger partial charge in [0.05, 0.1) is 12.1 Å². The smallest absolute Gasteiger partial charge is 0.405 e. The van der Waals surface area contributed by atoms with Crippen LogP contribution in [0.1, 0.15) is 25.3 Å². The van der Waals surface area contributed by atoms with Crippen LogP contribution in [0.2, 0.25) is 5.02 Å². The van der Waals surface area contributed by atoms with Gasteiger partial charge in [-0.15, -0.1) is 0 Å². The van der Waals surface area contributed by atoms with Crippen LogP contribution in [0.5, 0.6) is 0 Å². The first-order chi connectivity index (χ1) is 14.2. The zero-order valence-corrected chi connectivity index (χ0v) is 17.9. The minimum absolute atomic E-state index is 0.0399. The first-order valence-corrected chi connectivity index (χ1v) is 10.2. The Labute approximate surface area is 180 Å². The molecule has 0 saturated carbocycles. The summed E-state index contributed by atoms with van der Waals surface area (Å²) >= 11 is 5.98. The molecule has 0 bridgehead atoms. The number of halogens is 1. The normalized spacial score (nSPS) is 20.6. The maximum absolute atomic E-state index is 13.0. The molecule has 9 nitrogen and oxygen atoms in total. The number of ether oxygens (including phenoxy) is 1. The summed E-state index contributed by atoms with van der Waals surface area (Å²) in [5.41, 5.74) is 0.514. The van der Waals surface area contributed by atoms with Crippen LogP contribution in [0.4, 0.5) is 4.79 Å². The van der Waals surface area contributed by atoms with Gasteiger partial charge in [-0.25, -0.2) is 4.79 Å². The molecule has 30 heavy (non-hydrogen) atoms. The number of hydrogen-bond donors (Lipinski definition) is 5. The Morgan fingerprint density at radius 2 is 1.93 bits per heavy atom. The molecular formula is C20H29ClN4O5. The summed E-state index contributed by atoms with van der Waals surface area (Å²) in [6.07, 6.45) is 0.960. The lowest BCUT2D eigenvalue weighted by Crippen LogP contribution is -2.63. The predicted molar refractivity (Wildman–Crippen MR) is 113 cm³/mol. The van der Waals surface area contributed by atoms with E-state index in [1.54, 1.807) is 0 Å². The highest BCUT2D eigenvalue weighted by atomic mass is 35.5. The molecule has 1 saturated heterocycles. The first-order valence-electron chi connectivity index (χ1n) is 9.80. The molecule has 1 aromatic carbocycles. The molecule has 5 N–H and O–H groups in total. The summed E-state index contributed by atoms with van der Waals surface area (Å²) in [5.74, 6) is -0.992. The molecule has 0 radical (unpaired) electrons. The Morgan fingerprint density at radius 3 is 2.50 bits per heavy atom. The van der Waals surface area contributed by atoms with Crippen molar-refractivity contribution in [3.05, 3.63) is 34.9 Å². The highest BCUT2D eigenvalue weighted by molar-refractivity contribution is 6.30. The van der Waals surface area contributed by atoms with E-state index in [1.165, 1.54) is 14.0 Å². The number of methoxy groups -OCH3 is 1. The van der Waals surface area contributed by atoms with Crippen LogP contribution in [-0.4, -0.2) is 67.4 Å². The largest absolute Gasteiger partial charge is 0.465 e. The summed E-state index contributed by atoms with van der Waals surface area (Å²) in [6, 6.07) is 5.52. The van der Waals surface area contributed by atoms with Gasteiger partial charge in [0.15, 0.2) is 0 Å². The van der Waals surface area contributed by atoms with Crippen molar-refractivity contribution in [3.63, 3.8) is 0 Å². The molecule has 1 aromatic rings. The number of amides is 3. The Balaban J connectivity index is 2.11. The molecular weight excluding hydrogens is 412 g/mol. The molecule has 1 heterocycles. The van der Waals surface area contributed by atoms with Gasteiger partial charge in [-0.2, -0.15) is 0 Å².